The molecule has 2 aliphatic rings. The number of nitrogens with one attached hydrogen (secondary N) is 1. The molecule has 2 heterocycles. The number of urea groups is 1. The summed E-state index contributed by atoms with van der Waals surface area (Å²) in [6, 6.07) is 9.22. The normalized spacial score (nSPS) is 21.2. The molecule has 4 nitrogen and oxygen atoms in total. The molecule has 24 heavy (non-hydrogen) atoms. The van der Waals surface area contributed by atoms with Crippen molar-refractivity contribution in [2.24, 2.45) is 0 Å². The molecule has 2 amide bonds. The summed E-state index contributed by atoms with van der Waals surface area (Å²) in [4.78, 5) is 26.8. The molecule has 0 saturated heterocycles. The van der Waals surface area contributed by atoms with Crippen molar-refractivity contribution in [1.82, 2.24) is 10.2 Å². The summed E-state index contributed by atoms with van der Waals surface area (Å²) in [5, 5.41) is 4.42. The van der Waals surface area contributed by atoms with Gasteiger partial charge >= 0.3 is 6.03 Å². The molecule has 1 aromatic carbocycles. The number of benzene rings is 1. The molecule has 126 valence electrons. The maximum absolute atomic E-state index is 12.6. The Morgan fingerprint density at radius 3 is 2.46 bits per heavy atom. The number of ketones is 1. The van der Waals surface area contributed by atoms with Gasteiger partial charge in [0, 0.05) is 12.1 Å². The fraction of sp³-hybridized carbons (Fsp3) is 0.368. The van der Waals surface area contributed by atoms with Crippen LogP contribution in [0.3, 0.4) is 0 Å². The number of rotatable bonds is 3. The number of hydrogen-bond donors (Lipinski definition) is 1. The quantitative estimate of drug-likeness (QED) is 0.851. The van der Waals surface area contributed by atoms with E-state index in [0.29, 0.717) is 12.1 Å². The molecule has 1 aromatic rings. The summed E-state index contributed by atoms with van der Waals surface area (Å²) >= 11 is 0. The third-order valence-corrected chi connectivity index (χ3v) is 7.08. The molecule has 0 aliphatic carbocycles. The van der Waals surface area contributed by atoms with E-state index >= 15 is 0 Å². The maximum Gasteiger partial charge on any atom is 0.322 e. The fourth-order valence-electron chi connectivity index (χ4n) is 3.39. The lowest BCUT2D eigenvalue weighted by molar-refractivity contribution is -0.114. The molecule has 1 unspecified atom stereocenters. The molecule has 1 atom stereocenters. The second-order valence-electron chi connectivity index (χ2n) is 7.47. The van der Waals surface area contributed by atoms with E-state index in [1.54, 1.807) is 11.8 Å². The molecule has 0 radical (unpaired) electrons. The van der Waals surface area contributed by atoms with Gasteiger partial charge in [0.15, 0.2) is 5.78 Å². The highest BCUT2D eigenvalue weighted by Crippen LogP contribution is 2.36. The number of Topliss-reactive ketones (excluding diaryl/α,β-unsaturated/α-hetero) is 1. The topological polar surface area (TPSA) is 49.4 Å². The van der Waals surface area contributed by atoms with E-state index in [-0.39, 0.29) is 17.9 Å². The van der Waals surface area contributed by atoms with Crippen LogP contribution < -0.4 is 5.32 Å². The molecule has 0 fully saturated rings. The van der Waals surface area contributed by atoms with Gasteiger partial charge < -0.3 is 5.32 Å². The molecule has 2 aliphatic heterocycles. The third-order valence-electron chi connectivity index (χ3n) is 4.76. The third kappa shape index (κ3) is 2.96. The summed E-state index contributed by atoms with van der Waals surface area (Å²) in [5.74, 6) is 0.0110. The first-order valence-corrected chi connectivity index (χ1v) is 11.9. The lowest BCUT2D eigenvalue weighted by Crippen LogP contribution is -2.50. The van der Waals surface area contributed by atoms with Crippen LogP contribution in [0.4, 0.5) is 4.79 Å². The number of fused-ring (bicyclic) bond motifs is 1. The van der Waals surface area contributed by atoms with Gasteiger partial charge in [-0.05, 0) is 25.0 Å². The van der Waals surface area contributed by atoms with Crippen molar-refractivity contribution < 1.29 is 9.59 Å². The van der Waals surface area contributed by atoms with E-state index in [1.165, 1.54) is 5.20 Å². The van der Waals surface area contributed by atoms with Gasteiger partial charge in [-0.3, -0.25) is 9.69 Å². The van der Waals surface area contributed by atoms with Crippen LogP contribution in [0.25, 0.3) is 0 Å². The number of nitrogens with zero attached hydrogens (tertiary/aromatic N) is 1. The Bertz CT molecular complexity index is 744. The molecule has 0 saturated carbocycles. The standard InChI is InChI=1S/C19H24N2O2Si/c1-13(22)17-16-12-15(24(2,3)4)10-11-21(16)19(23)20-18(17)14-8-6-5-7-9-14/h5-9,12,18H,10-11H2,1-4H3,(H,20,23). The minimum Gasteiger partial charge on any atom is -0.327 e. The van der Waals surface area contributed by atoms with Crippen LogP contribution in [-0.2, 0) is 4.79 Å². The van der Waals surface area contributed by atoms with Gasteiger partial charge in [0.25, 0.3) is 0 Å². The second-order valence-corrected chi connectivity index (χ2v) is 12.6. The van der Waals surface area contributed by atoms with Crippen molar-refractivity contribution in [3.63, 3.8) is 0 Å². The Labute approximate surface area is 144 Å². The van der Waals surface area contributed by atoms with Gasteiger partial charge in [-0.2, -0.15) is 0 Å². The van der Waals surface area contributed by atoms with Crippen molar-refractivity contribution >= 4 is 19.9 Å². The Balaban J connectivity index is 2.18. The van der Waals surface area contributed by atoms with Crippen molar-refractivity contribution in [1.29, 1.82) is 0 Å². The van der Waals surface area contributed by atoms with Gasteiger partial charge in [-0.25, -0.2) is 4.79 Å². The highest BCUT2D eigenvalue weighted by molar-refractivity contribution is 6.83. The molecule has 0 bridgehead atoms. The molecular weight excluding hydrogens is 316 g/mol. The Morgan fingerprint density at radius 2 is 1.88 bits per heavy atom. The van der Waals surface area contributed by atoms with Gasteiger partial charge in [0.1, 0.15) is 0 Å². The average Bonchev–Trinajstić information content (AvgIpc) is 2.53. The highest BCUT2D eigenvalue weighted by atomic mass is 28.3. The molecule has 0 spiro atoms. The van der Waals surface area contributed by atoms with Crippen molar-refractivity contribution in [2.45, 2.75) is 39.0 Å². The SMILES string of the molecule is CC(=O)C1=C2C=C([Si](C)(C)C)CCN2C(=O)NC1c1ccccc1. The van der Waals surface area contributed by atoms with Crippen LogP contribution in [0.5, 0.6) is 0 Å². The first-order valence-electron chi connectivity index (χ1n) is 8.38. The largest absolute Gasteiger partial charge is 0.327 e. The van der Waals surface area contributed by atoms with E-state index in [1.807, 2.05) is 30.3 Å². The maximum atomic E-state index is 12.6. The van der Waals surface area contributed by atoms with Crippen LogP contribution in [-0.4, -0.2) is 31.3 Å². The number of hydrogen-bond acceptors (Lipinski definition) is 2. The molecule has 1 N–H and O–H groups in total. The first-order chi connectivity index (χ1) is 11.3. The van der Waals surface area contributed by atoms with Crippen LogP contribution in [0.1, 0.15) is 24.9 Å². The average molecular weight is 340 g/mol. The summed E-state index contributed by atoms with van der Waals surface area (Å²) < 4.78 is 0. The first kappa shape index (κ1) is 16.7. The summed E-state index contributed by atoms with van der Waals surface area (Å²) in [7, 11) is -1.46. The number of carbonyl (C=O) groups excluding carboxylic acids is 2. The van der Waals surface area contributed by atoms with Gasteiger partial charge in [-0.1, -0.05) is 55.2 Å². The predicted octanol–water partition coefficient (Wildman–Crippen LogP) is 3.80. The van der Waals surface area contributed by atoms with Crippen LogP contribution in [0.15, 0.2) is 52.9 Å². The van der Waals surface area contributed by atoms with Crippen LogP contribution >= 0.6 is 0 Å². The minimum atomic E-state index is -1.46. The van der Waals surface area contributed by atoms with Crippen molar-refractivity contribution in [2.75, 3.05) is 6.54 Å². The van der Waals surface area contributed by atoms with E-state index in [0.717, 1.165) is 17.7 Å². The second kappa shape index (κ2) is 6.05. The highest BCUT2D eigenvalue weighted by Gasteiger charge is 2.38. The monoisotopic (exact) mass is 340 g/mol. The van der Waals surface area contributed by atoms with Gasteiger partial charge in [-0.15, -0.1) is 0 Å². The lowest BCUT2D eigenvalue weighted by atomic mass is 9.91. The van der Waals surface area contributed by atoms with Crippen LogP contribution in [0.2, 0.25) is 19.6 Å². The minimum absolute atomic E-state index is 0.0110. The molecule has 5 heteroatoms. The number of carbonyl (C=O) groups is 2. The summed E-state index contributed by atoms with van der Waals surface area (Å²) in [6.45, 7) is 9.15. The van der Waals surface area contributed by atoms with E-state index in [2.05, 4.69) is 31.0 Å². The summed E-state index contributed by atoms with van der Waals surface area (Å²) in [6.07, 6.45) is 3.01. The smallest absolute Gasteiger partial charge is 0.322 e. The van der Waals surface area contributed by atoms with Gasteiger partial charge in [0.2, 0.25) is 0 Å². The van der Waals surface area contributed by atoms with Gasteiger partial charge in [0.05, 0.1) is 19.8 Å². The van der Waals surface area contributed by atoms with E-state index in [9.17, 15) is 9.59 Å². The van der Waals surface area contributed by atoms with Crippen molar-refractivity contribution in [3.8, 4) is 0 Å². The van der Waals surface area contributed by atoms with Crippen LogP contribution in [0, 0.1) is 0 Å². The van der Waals surface area contributed by atoms with Crippen molar-refractivity contribution in [3.05, 3.63) is 58.4 Å². The number of amides is 2. The van der Waals surface area contributed by atoms with E-state index < -0.39 is 8.07 Å². The Hall–Kier alpha value is -2.14. The zero-order valence-electron chi connectivity index (χ0n) is 14.7. The molecular formula is C19H24N2O2Si. The zero-order valence-corrected chi connectivity index (χ0v) is 15.7. The Morgan fingerprint density at radius 1 is 1.21 bits per heavy atom. The fourth-order valence-corrected chi connectivity index (χ4v) is 4.83. The molecule has 0 aromatic heterocycles. The zero-order chi connectivity index (χ0) is 17.5. The molecule has 3 rings (SSSR count). The summed E-state index contributed by atoms with van der Waals surface area (Å²) in [5.41, 5.74) is 2.43. The Kier molecular flexibility index (Phi) is 4.21. The van der Waals surface area contributed by atoms with E-state index in [4.69, 9.17) is 0 Å². The number of allylic oxidation sites excluding steroid dienone is 1. The lowest BCUT2D eigenvalue weighted by Gasteiger charge is -2.40. The predicted molar refractivity (Wildman–Crippen MR) is 98.2 cm³/mol.